The van der Waals surface area contributed by atoms with Gasteiger partial charge in [-0.25, -0.2) is 4.79 Å². The van der Waals surface area contributed by atoms with E-state index in [2.05, 4.69) is 5.32 Å². The van der Waals surface area contributed by atoms with Crippen LogP contribution in [0.4, 0.5) is 11.4 Å². The molecule has 0 saturated carbocycles. The van der Waals surface area contributed by atoms with E-state index in [4.69, 9.17) is 4.74 Å². The number of amides is 1. The summed E-state index contributed by atoms with van der Waals surface area (Å²) in [6.07, 6.45) is -1.18. The van der Waals surface area contributed by atoms with Crippen LogP contribution in [0.25, 0.3) is 10.8 Å². The van der Waals surface area contributed by atoms with E-state index < -0.39 is 22.9 Å². The largest absolute Gasteiger partial charge is 0.507 e. The first-order chi connectivity index (χ1) is 13.3. The molecule has 0 aromatic heterocycles. The molecule has 0 aliphatic carbocycles. The number of nitrogens with zero attached hydrogens (tertiary/aromatic N) is 1. The molecule has 1 amide bonds. The SMILES string of the molecule is CC(OC(=O)c1cc2ccccc2cc1O)C(=O)Nc1cccc([N+](=O)[O-])c1. The lowest BCUT2D eigenvalue weighted by Gasteiger charge is -2.14. The fourth-order valence-corrected chi connectivity index (χ4v) is 2.61. The van der Waals surface area contributed by atoms with E-state index in [1.165, 1.54) is 43.3 Å². The molecule has 0 aliphatic heterocycles. The molecule has 3 aromatic carbocycles. The molecule has 8 nitrogen and oxygen atoms in total. The van der Waals surface area contributed by atoms with Gasteiger partial charge < -0.3 is 15.2 Å². The second kappa shape index (κ2) is 7.75. The minimum Gasteiger partial charge on any atom is -0.507 e. The Morgan fingerprint density at radius 1 is 1.07 bits per heavy atom. The summed E-state index contributed by atoms with van der Waals surface area (Å²) in [5, 5.41) is 24.8. The molecule has 142 valence electrons. The van der Waals surface area contributed by atoms with Crippen molar-refractivity contribution in [3.8, 4) is 5.75 Å². The van der Waals surface area contributed by atoms with Crippen LogP contribution in [0.1, 0.15) is 17.3 Å². The third kappa shape index (κ3) is 4.07. The highest BCUT2D eigenvalue weighted by Crippen LogP contribution is 2.26. The number of anilines is 1. The van der Waals surface area contributed by atoms with Crippen molar-refractivity contribution in [3.63, 3.8) is 0 Å². The molecular formula is C20H16N2O6. The number of carbonyl (C=O) groups excluding carboxylic acids is 2. The number of fused-ring (bicyclic) bond motifs is 1. The molecule has 1 unspecified atom stereocenters. The number of ether oxygens (including phenoxy) is 1. The van der Waals surface area contributed by atoms with Crippen molar-refractivity contribution in [1.82, 2.24) is 0 Å². The second-order valence-electron chi connectivity index (χ2n) is 6.06. The number of aromatic hydroxyl groups is 1. The van der Waals surface area contributed by atoms with Gasteiger partial charge in [0.2, 0.25) is 0 Å². The number of nitro groups is 1. The molecule has 0 spiro atoms. The Hall–Kier alpha value is -3.94. The quantitative estimate of drug-likeness (QED) is 0.396. The standard InChI is InChI=1S/C20H16N2O6/c1-12(19(24)21-15-7-4-8-16(11-15)22(26)27)28-20(25)17-9-13-5-2-3-6-14(13)10-18(17)23/h2-12,23H,1H3,(H,21,24). The number of esters is 1. The van der Waals surface area contributed by atoms with Crippen LogP contribution in [-0.4, -0.2) is 28.0 Å². The van der Waals surface area contributed by atoms with Gasteiger partial charge in [0.15, 0.2) is 6.10 Å². The maximum Gasteiger partial charge on any atom is 0.342 e. The summed E-state index contributed by atoms with van der Waals surface area (Å²) in [5.74, 6) is -1.77. The molecule has 3 rings (SSSR count). The van der Waals surface area contributed by atoms with Crippen LogP contribution in [-0.2, 0) is 9.53 Å². The normalized spacial score (nSPS) is 11.6. The number of hydrogen-bond acceptors (Lipinski definition) is 6. The summed E-state index contributed by atoms with van der Waals surface area (Å²) in [5.41, 5.74) is -0.0344. The summed E-state index contributed by atoms with van der Waals surface area (Å²) in [6, 6.07) is 15.5. The molecule has 0 fully saturated rings. The molecule has 0 bridgehead atoms. The highest BCUT2D eigenvalue weighted by atomic mass is 16.6. The van der Waals surface area contributed by atoms with Gasteiger partial charge in [0.05, 0.1) is 4.92 Å². The third-order valence-electron chi connectivity index (χ3n) is 4.06. The fourth-order valence-electron chi connectivity index (χ4n) is 2.61. The van der Waals surface area contributed by atoms with E-state index in [-0.39, 0.29) is 22.7 Å². The van der Waals surface area contributed by atoms with E-state index in [1.807, 2.05) is 0 Å². The van der Waals surface area contributed by atoms with Gasteiger partial charge in [-0.2, -0.15) is 0 Å². The monoisotopic (exact) mass is 380 g/mol. The number of non-ortho nitro benzene ring substituents is 1. The van der Waals surface area contributed by atoms with Gasteiger partial charge in [-0.1, -0.05) is 30.3 Å². The zero-order valence-electron chi connectivity index (χ0n) is 14.8. The number of nitro benzene ring substituents is 1. The van der Waals surface area contributed by atoms with Crippen molar-refractivity contribution in [1.29, 1.82) is 0 Å². The van der Waals surface area contributed by atoms with Crippen molar-refractivity contribution in [2.45, 2.75) is 13.0 Å². The number of nitrogens with one attached hydrogen (secondary N) is 1. The molecule has 2 N–H and O–H groups in total. The Bertz CT molecular complexity index is 1080. The smallest absolute Gasteiger partial charge is 0.342 e. The molecule has 28 heavy (non-hydrogen) atoms. The molecule has 1 atom stereocenters. The van der Waals surface area contributed by atoms with Gasteiger partial charge in [0.25, 0.3) is 11.6 Å². The van der Waals surface area contributed by atoms with Crippen LogP contribution >= 0.6 is 0 Å². The van der Waals surface area contributed by atoms with Crippen LogP contribution in [0.15, 0.2) is 60.7 Å². The van der Waals surface area contributed by atoms with E-state index in [9.17, 15) is 24.8 Å². The summed E-state index contributed by atoms with van der Waals surface area (Å²) >= 11 is 0. The van der Waals surface area contributed by atoms with Crippen molar-refractivity contribution < 1.29 is 24.4 Å². The summed E-state index contributed by atoms with van der Waals surface area (Å²) < 4.78 is 5.13. The Kier molecular flexibility index (Phi) is 5.21. The lowest BCUT2D eigenvalue weighted by atomic mass is 10.1. The van der Waals surface area contributed by atoms with E-state index in [1.54, 1.807) is 24.3 Å². The lowest BCUT2D eigenvalue weighted by molar-refractivity contribution is -0.384. The highest BCUT2D eigenvalue weighted by molar-refractivity contribution is 6.01. The van der Waals surface area contributed by atoms with E-state index in [0.717, 1.165) is 10.8 Å². The number of benzene rings is 3. The van der Waals surface area contributed by atoms with Gasteiger partial charge in [-0.05, 0) is 35.9 Å². The predicted molar refractivity (Wildman–Crippen MR) is 102 cm³/mol. The van der Waals surface area contributed by atoms with E-state index in [0.29, 0.717) is 0 Å². The Balaban J connectivity index is 1.71. The minimum absolute atomic E-state index is 0.0614. The third-order valence-corrected chi connectivity index (χ3v) is 4.06. The highest BCUT2D eigenvalue weighted by Gasteiger charge is 2.22. The van der Waals surface area contributed by atoms with Gasteiger partial charge in [-0.15, -0.1) is 0 Å². The number of hydrogen-bond donors (Lipinski definition) is 2. The Labute approximate surface area is 159 Å². The molecule has 3 aromatic rings. The lowest BCUT2D eigenvalue weighted by Crippen LogP contribution is -2.30. The minimum atomic E-state index is -1.18. The second-order valence-corrected chi connectivity index (χ2v) is 6.06. The van der Waals surface area contributed by atoms with Crippen molar-refractivity contribution in [3.05, 3.63) is 76.3 Å². The van der Waals surface area contributed by atoms with Crippen molar-refractivity contribution in [2.24, 2.45) is 0 Å². The Morgan fingerprint density at radius 3 is 2.43 bits per heavy atom. The maximum absolute atomic E-state index is 12.4. The van der Waals surface area contributed by atoms with Gasteiger partial charge in [0.1, 0.15) is 11.3 Å². The van der Waals surface area contributed by atoms with Crippen LogP contribution in [0.2, 0.25) is 0 Å². The van der Waals surface area contributed by atoms with Gasteiger partial charge in [0, 0.05) is 17.8 Å². The summed E-state index contributed by atoms with van der Waals surface area (Å²) in [4.78, 5) is 34.8. The topological polar surface area (TPSA) is 119 Å². The van der Waals surface area contributed by atoms with Crippen LogP contribution in [0.5, 0.6) is 5.75 Å². The first-order valence-corrected chi connectivity index (χ1v) is 8.33. The summed E-state index contributed by atoms with van der Waals surface area (Å²) in [6.45, 7) is 1.36. The van der Waals surface area contributed by atoms with E-state index >= 15 is 0 Å². The average molecular weight is 380 g/mol. The zero-order valence-corrected chi connectivity index (χ0v) is 14.8. The van der Waals surface area contributed by atoms with Crippen molar-refractivity contribution in [2.75, 3.05) is 5.32 Å². The average Bonchev–Trinajstić information content (AvgIpc) is 2.67. The molecular weight excluding hydrogens is 364 g/mol. The molecule has 0 saturated heterocycles. The van der Waals surface area contributed by atoms with Gasteiger partial charge in [-0.3, -0.25) is 14.9 Å². The summed E-state index contributed by atoms with van der Waals surface area (Å²) in [7, 11) is 0. The van der Waals surface area contributed by atoms with Gasteiger partial charge >= 0.3 is 5.97 Å². The number of phenols is 1. The zero-order chi connectivity index (χ0) is 20.3. The maximum atomic E-state index is 12.4. The predicted octanol–water partition coefficient (Wildman–Crippen LogP) is 3.64. The van der Waals surface area contributed by atoms with Crippen LogP contribution < -0.4 is 5.32 Å². The van der Waals surface area contributed by atoms with Crippen LogP contribution in [0.3, 0.4) is 0 Å². The Morgan fingerprint density at radius 2 is 1.75 bits per heavy atom. The first kappa shape index (κ1) is 18.8. The number of carbonyl (C=O) groups is 2. The number of rotatable bonds is 5. The van der Waals surface area contributed by atoms with Crippen LogP contribution in [0, 0.1) is 10.1 Å². The first-order valence-electron chi connectivity index (χ1n) is 8.33. The van der Waals surface area contributed by atoms with Crippen molar-refractivity contribution >= 4 is 34.0 Å². The molecule has 0 radical (unpaired) electrons. The fraction of sp³-hybridized carbons (Fsp3) is 0.100. The molecule has 0 aliphatic rings. The molecule has 0 heterocycles. The molecule has 8 heteroatoms. The number of phenolic OH excluding ortho intramolecular Hbond substituents is 1.